The van der Waals surface area contributed by atoms with Crippen LogP contribution in [0.1, 0.15) is 31.4 Å². The maximum Gasteiger partial charge on any atom is 0.150 e. The molecule has 1 aliphatic carbocycles. The highest BCUT2D eigenvalue weighted by Gasteiger charge is 2.27. The fourth-order valence-corrected chi connectivity index (χ4v) is 2.73. The third-order valence-corrected chi connectivity index (χ3v) is 3.63. The molecule has 16 heavy (non-hydrogen) atoms. The molecule has 1 aromatic rings. The third kappa shape index (κ3) is 2.62. The van der Waals surface area contributed by atoms with Gasteiger partial charge in [0.2, 0.25) is 0 Å². The van der Waals surface area contributed by atoms with Crippen LogP contribution in [0.3, 0.4) is 0 Å². The molecule has 0 radical (unpaired) electrons. The Bertz CT molecular complexity index is 299. The van der Waals surface area contributed by atoms with Gasteiger partial charge in [0, 0.05) is 12.1 Å². The van der Waals surface area contributed by atoms with Crippen LogP contribution in [0, 0.1) is 5.92 Å². The molecule has 2 atom stereocenters. The van der Waals surface area contributed by atoms with Crippen LogP contribution in [0.5, 0.6) is 0 Å². The summed E-state index contributed by atoms with van der Waals surface area (Å²) < 4.78 is 5.14. The zero-order valence-electron chi connectivity index (χ0n) is 9.93. The first-order chi connectivity index (χ1) is 7.81. The van der Waals surface area contributed by atoms with Crippen molar-refractivity contribution in [2.45, 2.75) is 38.3 Å². The number of rotatable bonds is 4. The minimum absolute atomic E-state index is 0.601. The summed E-state index contributed by atoms with van der Waals surface area (Å²) in [5, 5.41) is 3.73. The normalized spacial score (nSPS) is 26.2. The van der Waals surface area contributed by atoms with Gasteiger partial charge in [0.1, 0.15) is 0 Å². The van der Waals surface area contributed by atoms with Gasteiger partial charge in [0.25, 0.3) is 0 Å². The fourth-order valence-electron chi connectivity index (χ4n) is 2.73. The Labute approximate surface area is 96.8 Å². The van der Waals surface area contributed by atoms with E-state index in [1.54, 1.807) is 6.20 Å². The highest BCUT2D eigenvalue weighted by molar-refractivity contribution is 4.94. The van der Waals surface area contributed by atoms with E-state index in [4.69, 9.17) is 10.3 Å². The van der Waals surface area contributed by atoms with Gasteiger partial charge in [-0.3, -0.25) is 4.90 Å². The Hall–Kier alpha value is -0.870. The molecule has 2 rings (SSSR count). The van der Waals surface area contributed by atoms with Crippen molar-refractivity contribution in [3.63, 3.8) is 0 Å². The van der Waals surface area contributed by atoms with Gasteiger partial charge in [-0.15, -0.1) is 0 Å². The molecule has 2 unspecified atom stereocenters. The number of nitrogens with zero attached hydrogens (tertiary/aromatic N) is 2. The van der Waals surface area contributed by atoms with Gasteiger partial charge >= 0.3 is 0 Å². The highest BCUT2D eigenvalue weighted by Crippen LogP contribution is 2.27. The second kappa shape index (κ2) is 5.46. The van der Waals surface area contributed by atoms with Gasteiger partial charge < -0.3 is 10.3 Å². The molecule has 0 amide bonds. The SMILES string of the molecule is CN(Cc1ccno1)C1CCCCC1CN. The van der Waals surface area contributed by atoms with E-state index in [1.165, 1.54) is 25.7 Å². The summed E-state index contributed by atoms with van der Waals surface area (Å²) in [5.74, 6) is 1.57. The van der Waals surface area contributed by atoms with Crippen molar-refractivity contribution >= 4 is 0 Å². The van der Waals surface area contributed by atoms with Crippen molar-refractivity contribution in [2.75, 3.05) is 13.6 Å². The van der Waals surface area contributed by atoms with Gasteiger partial charge in [-0.05, 0) is 32.4 Å². The van der Waals surface area contributed by atoms with Crippen molar-refractivity contribution in [1.82, 2.24) is 10.1 Å². The minimum Gasteiger partial charge on any atom is -0.360 e. The highest BCUT2D eigenvalue weighted by atomic mass is 16.5. The summed E-state index contributed by atoms with van der Waals surface area (Å²) in [6, 6.07) is 2.53. The van der Waals surface area contributed by atoms with Crippen molar-refractivity contribution < 1.29 is 4.52 Å². The molecule has 0 aliphatic heterocycles. The first kappa shape index (κ1) is 11.6. The van der Waals surface area contributed by atoms with E-state index >= 15 is 0 Å². The zero-order valence-corrected chi connectivity index (χ0v) is 9.93. The second-order valence-corrected chi connectivity index (χ2v) is 4.74. The molecule has 1 aliphatic rings. The van der Waals surface area contributed by atoms with E-state index in [1.807, 2.05) is 6.07 Å². The predicted octanol–water partition coefficient (Wildman–Crippen LogP) is 1.62. The average Bonchev–Trinajstić information content (AvgIpc) is 2.81. The van der Waals surface area contributed by atoms with E-state index in [0.717, 1.165) is 18.8 Å². The number of hydrogen-bond acceptors (Lipinski definition) is 4. The van der Waals surface area contributed by atoms with Gasteiger partial charge in [-0.1, -0.05) is 18.0 Å². The zero-order chi connectivity index (χ0) is 11.4. The van der Waals surface area contributed by atoms with Crippen LogP contribution in [0.2, 0.25) is 0 Å². The van der Waals surface area contributed by atoms with Crippen LogP contribution in [0.15, 0.2) is 16.8 Å². The summed E-state index contributed by atoms with van der Waals surface area (Å²) in [7, 11) is 2.15. The largest absolute Gasteiger partial charge is 0.360 e. The summed E-state index contributed by atoms with van der Waals surface area (Å²) >= 11 is 0. The topological polar surface area (TPSA) is 55.3 Å². The molecule has 1 fully saturated rings. The Balaban J connectivity index is 1.94. The quantitative estimate of drug-likeness (QED) is 0.842. The smallest absolute Gasteiger partial charge is 0.150 e. The van der Waals surface area contributed by atoms with E-state index < -0.39 is 0 Å². The summed E-state index contributed by atoms with van der Waals surface area (Å²) in [6.07, 6.45) is 6.87. The van der Waals surface area contributed by atoms with Crippen LogP contribution in [-0.4, -0.2) is 29.7 Å². The molecule has 2 N–H and O–H groups in total. The van der Waals surface area contributed by atoms with Crippen LogP contribution in [0.4, 0.5) is 0 Å². The summed E-state index contributed by atoms with van der Waals surface area (Å²) in [5.41, 5.74) is 5.84. The van der Waals surface area contributed by atoms with Gasteiger partial charge in [-0.2, -0.15) is 0 Å². The minimum atomic E-state index is 0.601. The monoisotopic (exact) mass is 223 g/mol. The van der Waals surface area contributed by atoms with Gasteiger partial charge in [-0.25, -0.2) is 0 Å². The number of aromatic nitrogens is 1. The second-order valence-electron chi connectivity index (χ2n) is 4.74. The van der Waals surface area contributed by atoms with E-state index in [2.05, 4.69) is 17.1 Å². The average molecular weight is 223 g/mol. The Morgan fingerprint density at radius 2 is 2.31 bits per heavy atom. The number of hydrogen-bond donors (Lipinski definition) is 1. The molecule has 0 saturated heterocycles. The van der Waals surface area contributed by atoms with E-state index in [9.17, 15) is 0 Å². The molecule has 1 saturated carbocycles. The molecule has 0 aromatic carbocycles. The summed E-state index contributed by atoms with van der Waals surface area (Å²) in [6.45, 7) is 1.63. The van der Waals surface area contributed by atoms with Crippen molar-refractivity contribution in [2.24, 2.45) is 11.7 Å². The molecule has 0 spiro atoms. The van der Waals surface area contributed by atoms with Crippen molar-refractivity contribution in [3.8, 4) is 0 Å². The molecule has 4 nitrogen and oxygen atoms in total. The summed E-state index contributed by atoms with van der Waals surface area (Å²) in [4.78, 5) is 2.36. The molecule has 4 heteroatoms. The Morgan fingerprint density at radius 1 is 1.50 bits per heavy atom. The molecule has 0 bridgehead atoms. The Morgan fingerprint density at radius 3 is 3.00 bits per heavy atom. The lowest BCUT2D eigenvalue weighted by molar-refractivity contribution is 0.117. The van der Waals surface area contributed by atoms with Crippen LogP contribution < -0.4 is 5.73 Å². The maximum absolute atomic E-state index is 5.84. The third-order valence-electron chi connectivity index (χ3n) is 3.63. The lowest BCUT2D eigenvalue weighted by atomic mass is 9.83. The van der Waals surface area contributed by atoms with E-state index in [-0.39, 0.29) is 0 Å². The van der Waals surface area contributed by atoms with Crippen molar-refractivity contribution in [3.05, 3.63) is 18.0 Å². The fraction of sp³-hybridized carbons (Fsp3) is 0.750. The molecular formula is C12H21N3O. The first-order valence-corrected chi connectivity index (χ1v) is 6.11. The number of nitrogens with two attached hydrogens (primary N) is 1. The molecular weight excluding hydrogens is 202 g/mol. The Kier molecular flexibility index (Phi) is 3.96. The van der Waals surface area contributed by atoms with Crippen LogP contribution in [-0.2, 0) is 6.54 Å². The molecule has 90 valence electrons. The van der Waals surface area contributed by atoms with E-state index in [0.29, 0.717) is 12.0 Å². The lowest BCUT2D eigenvalue weighted by Crippen LogP contribution is -2.42. The predicted molar refractivity (Wildman–Crippen MR) is 62.8 cm³/mol. The van der Waals surface area contributed by atoms with Gasteiger partial charge in [0.15, 0.2) is 5.76 Å². The van der Waals surface area contributed by atoms with Crippen LogP contribution in [0.25, 0.3) is 0 Å². The van der Waals surface area contributed by atoms with Crippen molar-refractivity contribution in [1.29, 1.82) is 0 Å². The first-order valence-electron chi connectivity index (χ1n) is 6.11. The van der Waals surface area contributed by atoms with Gasteiger partial charge in [0.05, 0.1) is 12.7 Å². The van der Waals surface area contributed by atoms with Crippen LogP contribution >= 0.6 is 0 Å². The molecule has 1 aromatic heterocycles. The lowest BCUT2D eigenvalue weighted by Gasteiger charge is -2.37. The standard InChI is InChI=1S/C12H21N3O/c1-15(9-11-6-7-14-16-11)12-5-3-2-4-10(12)8-13/h6-7,10,12H,2-5,8-9,13H2,1H3. The maximum atomic E-state index is 5.84. The molecule has 1 heterocycles.